The number of rotatable bonds is 16. The highest BCUT2D eigenvalue weighted by Gasteiger charge is 1.94. The molecule has 164 valence electrons. The molecule has 0 heterocycles. The molecule has 0 atom stereocenters. The summed E-state index contributed by atoms with van der Waals surface area (Å²) in [6, 6.07) is 0. The molecular weight excluding hydrogens is 348 g/mol. The number of hydrogen-bond donors (Lipinski definition) is 4. The van der Waals surface area contributed by atoms with Crippen LogP contribution in [-0.4, -0.2) is 32.7 Å². The molecule has 0 fully saturated rings. The van der Waals surface area contributed by atoms with Gasteiger partial charge in [-0.3, -0.25) is 0 Å². The lowest BCUT2D eigenvalue weighted by atomic mass is 10.0. The van der Waals surface area contributed by atoms with Gasteiger partial charge in [0.2, 0.25) is 0 Å². The zero-order valence-corrected chi connectivity index (χ0v) is 17.6. The number of unbranched alkanes of at least 4 members (excludes halogenated alkanes) is 16. The van der Waals surface area contributed by atoms with E-state index in [1.807, 2.05) is 0 Å². The van der Waals surface area contributed by atoms with Crippen LogP contribution in [0.25, 0.3) is 0 Å². The molecular formula is C21H44O6. The van der Waals surface area contributed by atoms with Crippen LogP contribution in [0.2, 0.25) is 0 Å². The van der Waals surface area contributed by atoms with Crippen LogP contribution in [0.1, 0.15) is 123 Å². The maximum absolute atomic E-state index is 8.56. The zero-order chi connectivity index (χ0) is 21.2. The first-order valence-electron chi connectivity index (χ1n) is 10.7. The third kappa shape index (κ3) is 59.0. The summed E-state index contributed by atoms with van der Waals surface area (Å²) in [4.78, 5) is 17.1. The van der Waals surface area contributed by atoms with Gasteiger partial charge in [0.25, 0.3) is 0 Å². The first-order chi connectivity index (χ1) is 12.9. The molecule has 0 aromatic carbocycles. The molecule has 0 aromatic heterocycles. The van der Waals surface area contributed by atoms with Gasteiger partial charge in [0.05, 0.1) is 0 Å². The highest BCUT2D eigenvalue weighted by molar-refractivity contribution is 5.53. The fourth-order valence-corrected chi connectivity index (χ4v) is 2.80. The standard InChI is InChI=1S/C19H40.2CH2O3/c1-3-5-7-9-11-13-15-17-19-18-16-14-12-10-8-6-4-2;2*2-1(3)4/h3-19H2,1-2H3;2*(H2,2,3,4). The van der Waals surface area contributed by atoms with Crippen LogP contribution in [-0.2, 0) is 0 Å². The molecule has 0 aliphatic carbocycles. The molecule has 0 bridgehead atoms. The van der Waals surface area contributed by atoms with Crippen molar-refractivity contribution in [1.29, 1.82) is 0 Å². The van der Waals surface area contributed by atoms with Gasteiger partial charge in [-0.15, -0.1) is 0 Å². The average Bonchev–Trinajstić information content (AvgIpc) is 2.57. The topological polar surface area (TPSA) is 115 Å². The quantitative estimate of drug-likeness (QED) is 0.197. The van der Waals surface area contributed by atoms with E-state index >= 15 is 0 Å². The van der Waals surface area contributed by atoms with Crippen molar-refractivity contribution in [2.24, 2.45) is 0 Å². The largest absolute Gasteiger partial charge is 0.503 e. The van der Waals surface area contributed by atoms with Crippen LogP contribution >= 0.6 is 0 Å². The van der Waals surface area contributed by atoms with Gasteiger partial charge in [-0.25, -0.2) is 9.59 Å². The van der Waals surface area contributed by atoms with Gasteiger partial charge >= 0.3 is 12.3 Å². The van der Waals surface area contributed by atoms with Crippen molar-refractivity contribution in [1.82, 2.24) is 0 Å². The molecule has 0 unspecified atom stereocenters. The van der Waals surface area contributed by atoms with Crippen LogP contribution in [0.4, 0.5) is 9.59 Å². The van der Waals surface area contributed by atoms with Gasteiger partial charge in [-0.05, 0) is 0 Å². The molecule has 4 N–H and O–H groups in total. The number of carboxylic acid groups (broad SMARTS) is 4. The van der Waals surface area contributed by atoms with Gasteiger partial charge in [0.1, 0.15) is 0 Å². The second-order valence-corrected chi connectivity index (χ2v) is 6.87. The van der Waals surface area contributed by atoms with E-state index in [9.17, 15) is 0 Å². The van der Waals surface area contributed by atoms with Crippen molar-refractivity contribution in [3.05, 3.63) is 0 Å². The van der Waals surface area contributed by atoms with Gasteiger partial charge in [-0.1, -0.05) is 123 Å². The molecule has 0 aliphatic rings. The molecule has 0 saturated heterocycles. The third-order valence-electron chi connectivity index (χ3n) is 4.21. The van der Waals surface area contributed by atoms with Crippen molar-refractivity contribution >= 4 is 12.3 Å². The van der Waals surface area contributed by atoms with Crippen molar-refractivity contribution in [2.75, 3.05) is 0 Å². The van der Waals surface area contributed by atoms with E-state index in [1.165, 1.54) is 109 Å². The van der Waals surface area contributed by atoms with Crippen molar-refractivity contribution in [3.8, 4) is 0 Å². The molecule has 0 aliphatic heterocycles. The Kier molecular flexibility index (Phi) is 32.9. The van der Waals surface area contributed by atoms with E-state index in [0.29, 0.717) is 0 Å². The SMILES string of the molecule is CCCCCCCCCCCCCCCCCCC.O=C(O)O.O=C(O)O. The second-order valence-electron chi connectivity index (χ2n) is 6.87. The molecule has 0 spiro atoms. The van der Waals surface area contributed by atoms with Crippen LogP contribution in [0, 0.1) is 0 Å². The van der Waals surface area contributed by atoms with Crippen molar-refractivity contribution in [3.63, 3.8) is 0 Å². The maximum Gasteiger partial charge on any atom is 0.503 e. The minimum atomic E-state index is -1.83. The lowest BCUT2D eigenvalue weighted by Crippen LogP contribution is -1.83. The highest BCUT2D eigenvalue weighted by atomic mass is 16.6. The fraction of sp³-hybridized carbons (Fsp3) is 0.905. The monoisotopic (exact) mass is 392 g/mol. The molecule has 0 amide bonds. The van der Waals surface area contributed by atoms with E-state index in [-0.39, 0.29) is 0 Å². The predicted molar refractivity (Wildman–Crippen MR) is 111 cm³/mol. The lowest BCUT2D eigenvalue weighted by molar-refractivity contribution is 0.135. The van der Waals surface area contributed by atoms with Crippen LogP contribution in [0.15, 0.2) is 0 Å². The van der Waals surface area contributed by atoms with Crippen molar-refractivity contribution in [2.45, 2.75) is 123 Å². The molecule has 0 saturated carbocycles. The number of carbonyl (C=O) groups is 2. The highest BCUT2D eigenvalue weighted by Crippen LogP contribution is 2.13. The Balaban J connectivity index is -0.000000603. The first kappa shape index (κ1) is 30.3. The van der Waals surface area contributed by atoms with Gasteiger partial charge < -0.3 is 20.4 Å². The summed E-state index contributed by atoms with van der Waals surface area (Å²) in [6.07, 6.45) is 21.2. The van der Waals surface area contributed by atoms with Gasteiger partial charge in [0.15, 0.2) is 0 Å². The minimum Gasteiger partial charge on any atom is -0.450 e. The fourth-order valence-electron chi connectivity index (χ4n) is 2.80. The third-order valence-corrected chi connectivity index (χ3v) is 4.21. The summed E-state index contributed by atoms with van der Waals surface area (Å²) in [5, 5.41) is 27.9. The Bertz CT molecular complexity index is 258. The molecule has 0 rings (SSSR count). The van der Waals surface area contributed by atoms with Gasteiger partial charge in [0, 0.05) is 0 Å². The summed E-state index contributed by atoms with van der Waals surface area (Å²) >= 11 is 0. The molecule has 6 heteroatoms. The molecule has 6 nitrogen and oxygen atoms in total. The smallest absolute Gasteiger partial charge is 0.450 e. The summed E-state index contributed by atoms with van der Waals surface area (Å²) in [7, 11) is 0. The Labute approximate surface area is 166 Å². The molecule has 0 radical (unpaired) electrons. The Morgan fingerprint density at radius 1 is 0.407 bits per heavy atom. The maximum atomic E-state index is 8.56. The van der Waals surface area contributed by atoms with Gasteiger partial charge in [-0.2, -0.15) is 0 Å². The van der Waals surface area contributed by atoms with E-state index in [1.54, 1.807) is 0 Å². The summed E-state index contributed by atoms with van der Waals surface area (Å²) < 4.78 is 0. The van der Waals surface area contributed by atoms with Crippen LogP contribution < -0.4 is 0 Å². The Morgan fingerprint density at radius 2 is 0.519 bits per heavy atom. The second kappa shape index (κ2) is 29.3. The Morgan fingerprint density at radius 3 is 0.630 bits per heavy atom. The lowest BCUT2D eigenvalue weighted by Gasteiger charge is -2.03. The summed E-state index contributed by atoms with van der Waals surface area (Å²) in [5.41, 5.74) is 0. The van der Waals surface area contributed by atoms with E-state index < -0.39 is 12.3 Å². The molecule has 0 aromatic rings. The summed E-state index contributed by atoms with van der Waals surface area (Å²) in [5.74, 6) is 0. The first-order valence-corrected chi connectivity index (χ1v) is 10.7. The predicted octanol–water partition coefficient (Wildman–Crippen LogP) is 8.10. The van der Waals surface area contributed by atoms with Crippen LogP contribution in [0.5, 0.6) is 0 Å². The van der Waals surface area contributed by atoms with Crippen LogP contribution in [0.3, 0.4) is 0 Å². The zero-order valence-electron chi connectivity index (χ0n) is 17.6. The minimum absolute atomic E-state index is 1.37. The summed E-state index contributed by atoms with van der Waals surface area (Å²) in [6.45, 7) is 4.59. The number of hydrogen-bond acceptors (Lipinski definition) is 2. The van der Waals surface area contributed by atoms with E-state index in [2.05, 4.69) is 13.8 Å². The Hall–Kier alpha value is -1.46. The molecule has 27 heavy (non-hydrogen) atoms. The normalized spacial score (nSPS) is 9.56. The van der Waals surface area contributed by atoms with E-state index in [0.717, 1.165) is 0 Å². The average molecular weight is 393 g/mol. The van der Waals surface area contributed by atoms with E-state index in [4.69, 9.17) is 30.0 Å². The van der Waals surface area contributed by atoms with Crippen molar-refractivity contribution < 1.29 is 30.0 Å².